The summed E-state index contributed by atoms with van der Waals surface area (Å²) >= 11 is 0. The van der Waals surface area contributed by atoms with Crippen molar-refractivity contribution in [3.8, 4) is 11.3 Å². The van der Waals surface area contributed by atoms with E-state index in [2.05, 4.69) is 0 Å². The standard InChI is InChI=1S/C23H21NO2S/c1-16-8-12-18(13-9-16)22-23(20-6-4-5-7-21(20)24(22)3)27(25,26)19-14-10-17(2)11-15-19/h4-15H,1-3H3. The van der Waals surface area contributed by atoms with Crippen molar-refractivity contribution in [3.05, 3.63) is 83.9 Å². The summed E-state index contributed by atoms with van der Waals surface area (Å²) in [6.07, 6.45) is 0. The first kappa shape index (κ1) is 17.6. The van der Waals surface area contributed by atoms with Gasteiger partial charge < -0.3 is 4.57 Å². The second kappa shape index (κ2) is 6.39. The molecule has 0 saturated heterocycles. The number of nitrogens with zero attached hydrogens (tertiary/aromatic N) is 1. The number of para-hydroxylation sites is 1. The molecule has 0 saturated carbocycles. The van der Waals surface area contributed by atoms with E-state index in [1.54, 1.807) is 12.1 Å². The van der Waals surface area contributed by atoms with E-state index in [4.69, 9.17) is 0 Å². The highest BCUT2D eigenvalue weighted by atomic mass is 32.2. The van der Waals surface area contributed by atoms with Gasteiger partial charge in [0.05, 0.1) is 10.6 Å². The number of aromatic nitrogens is 1. The highest BCUT2D eigenvalue weighted by Crippen LogP contribution is 2.39. The molecule has 0 N–H and O–H groups in total. The third-order valence-corrected chi connectivity index (χ3v) is 6.83. The van der Waals surface area contributed by atoms with E-state index in [0.717, 1.165) is 33.3 Å². The van der Waals surface area contributed by atoms with Crippen LogP contribution in [0, 0.1) is 13.8 Å². The first-order valence-corrected chi connectivity index (χ1v) is 10.3. The molecule has 3 aromatic carbocycles. The van der Waals surface area contributed by atoms with E-state index in [-0.39, 0.29) is 0 Å². The highest BCUT2D eigenvalue weighted by molar-refractivity contribution is 7.91. The summed E-state index contributed by atoms with van der Waals surface area (Å²) in [5.74, 6) is 0. The number of hydrogen-bond acceptors (Lipinski definition) is 2. The van der Waals surface area contributed by atoms with Gasteiger partial charge in [-0.2, -0.15) is 0 Å². The van der Waals surface area contributed by atoms with Crippen molar-refractivity contribution in [1.82, 2.24) is 4.57 Å². The summed E-state index contributed by atoms with van der Waals surface area (Å²) in [7, 11) is -1.75. The molecule has 0 unspecified atom stereocenters. The Hall–Kier alpha value is -2.85. The van der Waals surface area contributed by atoms with Gasteiger partial charge in [-0.05, 0) is 37.6 Å². The molecule has 0 aliphatic rings. The normalized spacial score (nSPS) is 11.8. The Morgan fingerprint density at radius 3 is 1.93 bits per heavy atom. The van der Waals surface area contributed by atoms with Gasteiger partial charge in [0.25, 0.3) is 0 Å². The fraction of sp³-hybridized carbons (Fsp3) is 0.130. The molecule has 4 aromatic rings. The van der Waals surface area contributed by atoms with E-state index >= 15 is 0 Å². The zero-order chi connectivity index (χ0) is 19.2. The molecule has 3 nitrogen and oxygen atoms in total. The minimum atomic E-state index is -3.67. The third-order valence-electron chi connectivity index (χ3n) is 4.99. The molecule has 1 heterocycles. The van der Waals surface area contributed by atoms with Crippen LogP contribution in [-0.4, -0.2) is 13.0 Å². The molecule has 0 amide bonds. The first-order chi connectivity index (χ1) is 12.9. The van der Waals surface area contributed by atoms with Crippen LogP contribution in [0.2, 0.25) is 0 Å². The van der Waals surface area contributed by atoms with E-state index in [0.29, 0.717) is 9.79 Å². The van der Waals surface area contributed by atoms with E-state index in [1.807, 2.05) is 86.1 Å². The summed E-state index contributed by atoms with van der Waals surface area (Å²) in [5.41, 5.74) is 4.69. The quantitative estimate of drug-likeness (QED) is 0.488. The Bertz CT molecular complexity index is 1230. The summed E-state index contributed by atoms with van der Waals surface area (Å²) < 4.78 is 29.2. The minimum Gasteiger partial charge on any atom is -0.343 e. The van der Waals surface area contributed by atoms with Crippen LogP contribution in [-0.2, 0) is 16.9 Å². The molecule has 136 valence electrons. The largest absolute Gasteiger partial charge is 0.343 e. The maximum absolute atomic E-state index is 13.6. The highest BCUT2D eigenvalue weighted by Gasteiger charge is 2.28. The van der Waals surface area contributed by atoms with Crippen molar-refractivity contribution >= 4 is 20.7 Å². The predicted molar refractivity (Wildman–Crippen MR) is 110 cm³/mol. The van der Waals surface area contributed by atoms with E-state index < -0.39 is 9.84 Å². The van der Waals surface area contributed by atoms with Crippen LogP contribution in [0.15, 0.2) is 82.6 Å². The van der Waals surface area contributed by atoms with Gasteiger partial charge in [-0.15, -0.1) is 0 Å². The van der Waals surface area contributed by atoms with Gasteiger partial charge in [0.2, 0.25) is 9.84 Å². The van der Waals surface area contributed by atoms with Gasteiger partial charge in [-0.1, -0.05) is 65.7 Å². The number of rotatable bonds is 3. The molecule has 1 aromatic heterocycles. The maximum Gasteiger partial charge on any atom is 0.209 e. The van der Waals surface area contributed by atoms with E-state index in [1.165, 1.54) is 0 Å². The predicted octanol–water partition coefficient (Wildman–Crippen LogP) is 5.29. The van der Waals surface area contributed by atoms with Gasteiger partial charge in [0, 0.05) is 18.0 Å². The Kier molecular flexibility index (Phi) is 4.16. The average Bonchev–Trinajstić information content (AvgIpc) is 2.96. The van der Waals surface area contributed by atoms with Crippen LogP contribution in [0.4, 0.5) is 0 Å². The summed E-state index contributed by atoms with van der Waals surface area (Å²) in [4.78, 5) is 0.686. The second-order valence-electron chi connectivity index (χ2n) is 6.94. The zero-order valence-electron chi connectivity index (χ0n) is 15.6. The molecular weight excluding hydrogens is 354 g/mol. The lowest BCUT2D eigenvalue weighted by Gasteiger charge is -2.10. The van der Waals surface area contributed by atoms with Gasteiger partial charge >= 0.3 is 0 Å². The number of hydrogen-bond donors (Lipinski definition) is 0. The SMILES string of the molecule is Cc1ccc(-c2c(S(=O)(=O)c3ccc(C)cc3)c3ccccc3n2C)cc1. The van der Waals surface area contributed by atoms with Gasteiger partial charge in [0.1, 0.15) is 4.90 Å². The molecule has 0 bridgehead atoms. The smallest absolute Gasteiger partial charge is 0.209 e. The summed E-state index contributed by atoms with van der Waals surface area (Å²) in [5, 5.41) is 0.746. The van der Waals surface area contributed by atoms with Crippen LogP contribution in [0.3, 0.4) is 0 Å². The fourth-order valence-electron chi connectivity index (χ4n) is 3.50. The molecular formula is C23H21NO2S. The molecule has 0 fully saturated rings. The molecule has 0 aliphatic carbocycles. The van der Waals surface area contributed by atoms with Crippen LogP contribution < -0.4 is 0 Å². The van der Waals surface area contributed by atoms with Crippen molar-refractivity contribution in [1.29, 1.82) is 0 Å². The Morgan fingerprint density at radius 1 is 0.741 bits per heavy atom. The van der Waals surface area contributed by atoms with Crippen molar-refractivity contribution in [2.45, 2.75) is 23.6 Å². The number of fused-ring (bicyclic) bond motifs is 1. The number of sulfone groups is 1. The van der Waals surface area contributed by atoms with Crippen molar-refractivity contribution in [2.75, 3.05) is 0 Å². The monoisotopic (exact) mass is 375 g/mol. The zero-order valence-corrected chi connectivity index (χ0v) is 16.4. The first-order valence-electron chi connectivity index (χ1n) is 8.86. The molecule has 0 spiro atoms. The topological polar surface area (TPSA) is 39.1 Å². The molecule has 4 heteroatoms. The van der Waals surface area contributed by atoms with Crippen LogP contribution in [0.1, 0.15) is 11.1 Å². The van der Waals surface area contributed by atoms with Crippen LogP contribution in [0.5, 0.6) is 0 Å². The molecule has 4 rings (SSSR count). The van der Waals surface area contributed by atoms with Crippen molar-refractivity contribution in [3.63, 3.8) is 0 Å². The minimum absolute atomic E-state index is 0.317. The number of aryl methyl sites for hydroxylation is 3. The molecule has 0 aliphatic heterocycles. The molecule has 0 atom stereocenters. The van der Waals surface area contributed by atoms with E-state index in [9.17, 15) is 8.42 Å². The van der Waals surface area contributed by atoms with Crippen LogP contribution in [0.25, 0.3) is 22.2 Å². The summed E-state index contributed by atoms with van der Waals surface area (Å²) in [6, 6.07) is 22.7. The molecule has 27 heavy (non-hydrogen) atoms. The van der Waals surface area contributed by atoms with Gasteiger partial charge in [-0.3, -0.25) is 0 Å². The van der Waals surface area contributed by atoms with Crippen LogP contribution >= 0.6 is 0 Å². The van der Waals surface area contributed by atoms with Gasteiger partial charge in [0.15, 0.2) is 0 Å². The Labute approximate surface area is 159 Å². The lowest BCUT2D eigenvalue weighted by atomic mass is 10.1. The Morgan fingerprint density at radius 2 is 1.30 bits per heavy atom. The van der Waals surface area contributed by atoms with Gasteiger partial charge in [-0.25, -0.2) is 8.42 Å². The average molecular weight is 375 g/mol. The maximum atomic E-state index is 13.6. The van der Waals surface area contributed by atoms with Crippen molar-refractivity contribution in [2.24, 2.45) is 7.05 Å². The molecule has 0 radical (unpaired) electrons. The lowest BCUT2D eigenvalue weighted by molar-refractivity contribution is 0.597. The fourth-order valence-corrected chi connectivity index (χ4v) is 5.20. The second-order valence-corrected chi connectivity index (χ2v) is 8.82. The van der Waals surface area contributed by atoms with Crippen molar-refractivity contribution < 1.29 is 8.42 Å². The third kappa shape index (κ3) is 2.86. The summed E-state index contributed by atoms with van der Waals surface area (Å²) in [6.45, 7) is 3.97. The lowest BCUT2D eigenvalue weighted by Crippen LogP contribution is -2.04. The number of benzene rings is 3. The Balaban J connectivity index is 2.09.